The van der Waals surface area contributed by atoms with E-state index in [2.05, 4.69) is 10.3 Å². The van der Waals surface area contributed by atoms with Crippen LogP contribution in [0.4, 0.5) is 0 Å². The molecule has 0 saturated carbocycles. The lowest BCUT2D eigenvalue weighted by Crippen LogP contribution is -2.40. The van der Waals surface area contributed by atoms with E-state index < -0.39 is 0 Å². The van der Waals surface area contributed by atoms with Crippen LogP contribution >= 0.6 is 0 Å². The maximum absolute atomic E-state index is 12.1. The molecule has 1 aromatic heterocycles. The Morgan fingerprint density at radius 1 is 1.63 bits per heavy atom. The van der Waals surface area contributed by atoms with Crippen molar-refractivity contribution in [1.29, 1.82) is 0 Å². The predicted molar refractivity (Wildman–Crippen MR) is 70.2 cm³/mol. The highest BCUT2D eigenvalue weighted by molar-refractivity contribution is 5.89. The summed E-state index contributed by atoms with van der Waals surface area (Å²) in [4.78, 5) is 29.4. The van der Waals surface area contributed by atoms with Crippen molar-refractivity contribution in [3.05, 3.63) is 18.7 Å². The van der Waals surface area contributed by atoms with Gasteiger partial charge >= 0.3 is 0 Å². The normalized spacial score (nSPS) is 20.6. The van der Waals surface area contributed by atoms with Crippen molar-refractivity contribution < 1.29 is 9.59 Å². The monoisotopic (exact) mass is 264 g/mol. The van der Waals surface area contributed by atoms with Crippen molar-refractivity contribution in [3.8, 4) is 0 Å². The Labute approximate surface area is 112 Å². The second-order valence-electron chi connectivity index (χ2n) is 5.00. The lowest BCUT2D eigenvalue weighted by Gasteiger charge is -2.17. The van der Waals surface area contributed by atoms with Crippen LogP contribution < -0.4 is 5.32 Å². The number of carbonyl (C=O) groups is 2. The van der Waals surface area contributed by atoms with Gasteiger partial charge < -0.3 is 14.8 Å². The zero-order valence-corrected chi connectivity index (χ0v) is 11.4. The van der Waals surface area contributed by atoms with Gasteiger partial charge in [0.25, 0.3) is 0 Å². The fourth-order valence-corrected chi connectivity index (χ4v) is 2.37. The fraction of sp³-hybridized carbons (Fsp3) is 0.615. The number of nitrogens with zero attached hydrogens (tertiary/aromatic N) is 3. The summed E-state index contributed by atoms with van der Waals surface area (Å²) < 4.78 is 1.92. The summed E-state index contributed by atoms with van der Waals surface area (Å²) in [5.74, 6) is -0.167. The van der Waals surface area contributed by atoms with E-state index in [1.807, 2.05) is 24.6 Å². The van der Waals surface area contributed by atoms with Gasteiger partial charge in [0.05, 0.1) is 12.2 Å². The van der Waals surface area contributed by atoms with E-state index in [1.165, 1.54) is 0 Å². The maximum Gasteiger partial charge on any atom is 0.225 e. The molecule has 0 bridgehead atoms. The minimum absolute atomic E-state index is 0.0208. The largest absolute Gasteiger partial charge is 0.352 e. The summed E-state index contributed by atoms with van der Waals surface area (Å²) in [5.41, 5.74) is 0. The van der Waals surface area contributed by atoms with Crippen molar-refractivity contribution in [3.63, 3.8) is 0 Å². The minimum atomic E-state index is -0.210. The van der Waals surface area contributed by atoms with Crippen LogP contribution in [0.3, 0.4) is 0 Å². The van der Waals surface area contributed by atoms with E-state index in [9.17, 15) is 9.59 Å². The molecule has 0 radical (unpaired) electrons. The molecule has 0 spiro atoms. The molecule has 6 heteroatoms. The molecular formula is C13H20N4O2. The summed E-state index contributed by atoms with van der Waals surface area (Å²) in [6.07, 6.45) is 5.63. The van der Waals surface area contributed by atoms with Gasteiger partial charge in [0.1, 0.15) is 0 Å². The first-order chi connectivity index (χ1) is 9.10. The molecule has 2 amide bonds. The Hall–Kier alpha value is -1.85. The van der Waals surface area contributed by atoms with Gasteiger partial charge in [-0.1, -0.05) is 0 Å². The van der Waals surface area contributed by atoms with Crippen molar-refractivity contribution >= 4 is 11.8 Å². The maximum atomic E-state index is 12.1. The number of amides is 2. The van der Waals surface area contributed by atoms with Gasteiger partial charge in [-0.05, 0) is 13.8 Å². The predicted octanol–water partition coefficient (Wildman–Crippen LogP) is 0.256. The molecule has 2 heterocycles. The number of hydrogen-bond acceptors (Lipinski definition) is 3. The zero-order valence-electron chi connectivity index (χ0n) is 11.4. The fourth-order valence-electron chi connectivity index (χ4n) is 2.37. The van der Waals surface area contributed by atoms with E-state index >= 15 is 0 Å². The first kappa shape index (κ1) is 13.6. The van der Waals surface area contributed by atoms with E-state index in [-0.39, 0.29) is 23.8 Å². The standard InChI is InChI=1S/C13H20N4O2/c1-3-17-8-11(6-12(17)18)13(19)15-10(2)7-16-5-4-14-9-16/h4-5,9-11H,3,6-8H2,1-2H3,(H,15,19). The molecule has 0 aromatic carbocycles. The Kier molecular flexibility index (Phi) is 4.19. The number of nitrogens with one attached hydrogen (secondary N) is 1. The van der Waals surface area contributed by atoms with Crippen LogP contribution in [0, 0.1) is 5.92 Å². The third-order valence-corrected chi connectivity index (χ3v) is 3.40. The van der Waals surface area contributed by atoms with Gasteiger partial charge in [0.15, 0.2) is 0 Å². The van der Waals surface area contributed by atoms with Gasteiger partial charge in [0, 0.05) is 44.5 Å². The summed E-state index contributed by atoms with van der Waals surface area (Å²) in [7, 11) is 0. The molecule has 104 valence electrons. The lowest BCUT2D eigenvalue weighted by atomic mass is 10.1. The van der Waals surface area contributed by atoms with Gasteiger partial charge in [0.2, 0.25) is 11.8 Å². The van der Waals surface area contributed by atoms with Crippen molar-refractivity contribution in [1.82, 2.24) is 19.8 Å². The van der Waals surface area contributed by atoms with E-state index in [1.54, 1.807) is 17.4 Å². The molecule has 0 aliphatic carbocycles. The average Bonchev–Trinajstić information content (AvgIpc) is 2.98. The van der Waals surface area contributed by atoms with Crippen LogP contribution in [0.2, 0.25) is 0 Å². The van der Waals surface area contributed by atoms with Crippen LogP contribution in [0.1, 0.15) is 20.3 Å². The summed E-state index contributed by atoms with van der Waals surface area (Å²) >= 11 is 0. The second-order valence-corrected chi connectivity index (χ2v) is 5.00. The van der Waals surface area contributed by atoms with Crippen molar-refractivity contribution in [2.24, 2.45) is 5.92 Å². The smallest absolute Gasteiger partial charge is 0.225 e. The number of hydrogen-bond donors (Lipinski definition) is 1. The summed E-state index contributed by atoms with van der Waals surface area (Å²) in [6, 6.07) is 0.0208. The van der Waals surface area contributed by atoms with Gasteiger partial charge in [-0.25, -0.2) is 4.98 Å². The molecule has 2 unspecified atom stereocenters. The molecule has 1 aromatic rings. The SMILES string of the molecule is CCN1CC(C(=O)NC(C)Cn2ccnc2)CC1=O. The molecule has 1 fully saturated rings. The number of aromatic nitrogens is 2. The third kappa shape index (κ3) is 3.33. The molecule has 2 atom stereocenters. The van der Waals surface area contributed by atoms with Gasteiger partial charge in [-0.3, -0.25) is 9.59 Å². The van der Waals surface area contributed by atoms with Crippen molar-refractivity contribution in [2.75, 3.05) is 13.1 Å². The Balaban J connectivity index is 1.82. The van der Waals surface area contributed by atoms with Crippen LogP contribution in [0.15, 0.2) is 18.7 Å². The third-order valence-electron chi connectivity index (χ3n) is 3.40. The Bertz CT molecular complexity index is 444. The second kappa shape index (κ2) is 5.86. The number of likely N-dealkylation sites (tertiary alicyclic amines) is 1. The number of carbonyl (C=O) groups excluding carboxylic acids is 2. The van der Waals surface area contributed by atoms with Crippen LogP contribution in [0.25, 0.3) is 0 Å². The van der Waals surface area contributed by atoms with Crippen LogP contribution in [-0.2, 0) is 16.1 Å². The van der Waals surface area contributed by atoms with E-state index in [0.29, 0.717) is 26.1 Å². The lowest BCUT2D eigenvalue weighted by molar-refractivity contribution is -0.129. The topological polar surface area (TPSA) is 67.2 Å². The van der Waals surface area contributed by atoms with Crippen molar-refractivity contribution in [2.45, 2.75) is 32.9 Å². The van der Waals surface area contributed by atoms with Gasteiger partial charge in [-0.15, -0.1) is 0 Å². The molecule has 1 aliphatic rings. The van der Waals surface area contributed by atoms with Crippen LogP contribution in [-0.4, -0.2) is 45.4 Å². The quantitative estimate of drug-likeness (QED) is 0.829. The first-order valence-corrected chi connectivity index (χ1v) is 6.64. The highest BCUT2D eigenvalue weighted by Gasteiger charge is 2.33. The number of imidazole rings is 1. The Morgan fingerprint density at radius 2 is 2.42 bits per heavy atom. The molecule has 2 rings (SSSR count). The first-order valence-electron chi connectivity index (χ1n) is 6.64. The van der Waals surface area contributed by atoms with Gasteiger partial charge in [-0.2, -0.15) is 0 Å². The average molecular weight is 264 g/mol. The van der Waals surface area contributed by atoms with E-state index in [4.69, 9.17) is 0 Å². The summed E-state index contributed by atoms with van der Waals surface area (Å²) in [5, 5.41) is 2.96. The molecule has 6 nitrogen and oxygen atoms in total. The Morgan fingerprint density at radius 3 is 3.00 bits per heavy atom. The molecule has 19 heavy (non-hydrogen) atoms. The van der Waals surface area contributed by atoms with Crippen LogP contribution in [0.5, 0.6) is 0 Å². The molecule has 1 aliphatic heterocycles. The van der Waals surface area contributed by atoms with E-state index in [0.717, 1.165) is 0 Å². The molecule has 1 saturated heterocycles. The molecule has 1 N–H and O–H groups in total. The highest BCUT2D eigenvalue weighted by atomic mass is 16.2. The summed E-state index contributed by atoms with van der Waals surface area (Å²) in [6.45, 7) is 5.78. The molecular weight excluding hydrogens is 244 g/mol. The number of rotatable bonds is 5. The zero-order chi connectivity index (χ0) is 13.8. The minimum Gasteiger partial charge on any atom is -0.352 e. The highest BCUT2D eigenvalue weighted by Crippen LogP contribution is 2.17.